The molecule has 0 aliphatic carbocycles. The Kier molecular flexibility index (Phi) is 15.0. The zero-order valence-corrected chi connectivity index (χ0v) is 19.8. The summed E-state index contributed by atoms with van der Waals surface area (Å²) in [5.41, 5.74) is 5.41. The summed E-state index contributed by atoms with van der Waals surface area (Å²) in [6, 6.07) is -2.13. The monoisotopic (exact) mass is 468 g/mol. The summed E-state index contributed by atoms with van der Waals surface area (Å²) in [6.45, 7) is 9.53. The number of aldehydes is 1. The lowest BCUT2D eigenvalue weighted by Gasteiger charge is -2.22. The summed E-state index contributed by atoms with van der Waals surface area (Å²) in [5, 5.41) is 21.3. The normalized spacial score (nSPS) is 13.3. The van der Waals surface area contributed by atoms with E-state index in [1.165, 1.54) is 0 Å². The van der Waals surface area contributed by atoms with E-state index in [2.05, 4.69) is 27.8 Å². The molecule has 188 valence electrons. The Balaban J connectivity index is 4.73. The molecule has 3 atom stereocenters. The van der Waals surface area contributed by atoms with Gasteiger partial charge in [0.25, 0.3) is 0 Å². The van der Waals surface area contributed by atoms with Gasteiger partial charge in [-0.1, -0.05) is 27.4 Å². The van der Waals surface area contributed by atoms with E-state index in [-0.39, 0.29) is 25.2 Å². The third-order valence-electron chi connectivity index (χ3n) is 4.74. The number of nitrogens with two attached hydrogens (primary N) is 1. The first-order valence-electron chi connectivity index (χ1n) is 11.2. The summed E-state index contributed by atoms with van der Waals surface area (Å²) in [4.78, 5) is 59.0. The van der Waals surface area contributed by atoms with Crippen molar-refractivity contribution in [3.8, 4) is 0 Å². The predicted molar refractivity (Wildman–Crippen MR) is 121 cm³/mol. The average Bonchev–Trinajstić information content (AvgIpc) is 2.72. The zero-order chi connectivity index (χ0) is 25.4. The third kappa shape index (κ3) is 15.4. The van der Waals surface area contributed by atoms with Crippen molar-refractivity contribution in [1.82, 2.24) is 21.3 Å². The number of rotatable bonds is 18. The molecule has 0 heterocycles. The third-order valence-corrected chi connectivity index (χ3v) is 4.74. The second-order valence-corrected chi connectivity index (χ2v) is 8.34. The van der Waals surface area contributed by atoms with Crippen LogP contribution in [0.3, 0.4) is 0 Å². The van der Waals surface area contributed by atoms with Gasteiger partial charge in [0.1, 0.15) is 12.3 Å². The molecule has 33 heavy (non-hydrogen) atoms. The Hall–Kier alpha value is -3.11. The fourth-order valence-corrected chi connectivity index (χ4v) is 3.02. The largest absolute Gasteiger partial charge is 0.550 e. The van der Waals surface area contributed by atoms with Crippen LogP contribution in [0.25, 0.3) is 0 Å². The number of carbonyl (C=O) groups is 5. The van der Waals surface area contributed by atoms with E-state index >= 15 is 0 Å². The van der Waals surface area contributed by atoms with Gasteiger partial charge in [0.2, 0.25) is 17.7 Å². The molecular formula is C22H38N5O6-. The van der Waals surface area contributed by atoms with E-state index in [1.54, 1.807) is 6.92 Å². The van der Waals surface area contributed by atoms with Crippen LogP contribution in [0, 0.1) is 5.92 Å². The number of carboxylic acid groups (broad SMARTS) is 1. The van der Waals surface area contributed by atoms with Gasteiger partial charge in [0.15, 0.2) is 0 Å². The molecule has 11 heteroatoms. The number of amides is 3. The first kappa shape index (κ1) is 29.9. The van der Waals surface area contributed by atoms with E-state index in [1.807, 2.05) is 13.8 Å². The lowest BCUT2D eigenvalue weighted by atomic mass is 10.0. The van der Waals surface area contributed by atoms with Crippen LogP contribution in [-0.4, -0.2) is 54.6 Å². The molecule has 0 aromatic rings. The Morgan fingerprint density at radius 1 is 1.06 bits per heavy atom. The van der Waals surface area contributed by atoms with E-state index in [9.17, 15) is 29.1 Å². The quantitative estimate of drug-likeness (QED) is 0.123. The van der Waals surface area contributed by atoms with Gasteiger partial charge in [-0.15, -0.1) is 0 Å². The Bertz CT molecular complexity index is 682. The highest BCUT2D eigenvalue weighted by Crippen LogP contribution is 2.07. The van der Waals surface area contributed by atoms with Crippen molar-refractivity contribution in [2.45, 2.75) is 83.8 Å². The number of carboxylic acids is 1. The van der Waals surface area contributed by atoms with Crippen LogP contribution in [0.1, 0.15) is 65.7 Å². The molecule has 0 fully saturated rings. The number of hydrogen-bond acceptors (Lipinski definition) is 8. The number of aliphatic carboxylic acids is 1. The van der Waals surface area contributed by atoms with Crippen LogP contribution in [0.15, 0.2) is 12.4 Å². The summed E-state index contributed by atoms with van der Waals surface area (Å²) < 4.78 is 0. The summed E-state index contributed by atoms with van der Waals surface area (Å²) in [5.74, 6) is -2.29. The van der Waals surface area contributed by atoms with Gasteiger partial charge in [0.05, 0.1) is 11.9 Å². The van der Waals surface area contributed by atoms with Gasteiger partial charge in [-0.3, -0.25) is 14.4 Å². The van der Waals surface area contributed by atoms with Crippen molar-refractivity contribution in [2.24, 2.45) is 11.7 Å². The second kappa shape index (κ2) is 16.5. The predicted octanol–water partition coefficient (Wildman–Crippen LogP) is -1.18. The fraction of sp³-hybridized carbons (Fsp3) is 0.682. The average molecular weight is 469 g/mol. The summed E-state index contributed by atoms with van der Waals surface area (Å²) in [7, 11) is 0. The molecule has 0 aliphatic rings. The Morgan fingerprint density at radius 2 is 1.67 bits per heavy atom. The molecule has 0 saturated carbocycles. The Labute approximate surface area is 195 Å². The van der Waals surface area contributed by atoms with Gasteiger partial charge in [-0.25, -0.2) is 0 Å². The highest BCUT2D eigenvalue weighted by molar-refractivity contribution is 5.90. The van der Waals surface area contributed by atoms with Crippen LogP contribution in [-0.2, 0) is 24.0 Å². The topological polar surface area (TPSA) is 183 Å². The van der Waals surface area contributed by atoms with Gasteiger partial charge < -0.3 is 41.7 Å². The lowest BCUT2D eigenvalue weighted by Crippen LogP contribution is -2.50. The molecule has 6 N–H and O–H groups in total. The smallest absolute Gasteiger partial charge is 0.243 e. The van der Waals surface area contributed by atoms with Crippen molar-refractivity contribution in [3.63, 3.8) is 0 Å². The zero-order valence-electron chi connectivity index (χ0n) is 19.8. The minimum Gasteiger partial charge on any atom is -0.550 e. The van der Waals surface area contributed by atoms with Crippen LogP contribution < -0.4 is 32.1 Å². The number of nitrogens with one attached hydrogen (secondary N) is 4. The maximum atomic E-state index is 12.7. The maximum Gasteiger partial charge on any atom is 0.243 e. The van der Waals surface area contributed by atoms with Crippen LogP contribution in [0.5, 0.6) is 0 Å². The molecule has 0 aliphatic heterocycles. The summed E-state index contributed by atoms with van der Waals surface area (Å²) >= 11 is 0. The number of carbonyl (C=O) groups excluding carboxylic acids is 5. The Morgan fingerprint density at radius 3 is 2.15 bits per heavy atom. The molecule has 0 saturated heterocycles. The standard InChI is InChI=1S/C22H39N5O6/c1-5-16(12-21(31)32)25-19(29)8-9-20(30)27-18(11-14(2)3)22(33)26-17(13-28)7-6-10-24-15(4)23/h13-14,16-18,24H,4-12,23H2,1-3H3,(H,25,29)(H,26,33)(H,27,30)(H,31,32)/p-1. The van der Waals surface area contributed by atoms with Crippen LogP contribution in [0.4, 0.5) is 0 Å². The highest BCUT2D eigenvalue weighted by Gasteiger charge is 2.24. The highest BCUT2D eigenvalue weighted by atomic mass is 16.4. The van der Waals surface area contributed by atoms with Crippen molar-refractivity contribution in [1.29, 1.82) is 0 Å². The van der Waals surface area contributed by atoms with Crippen molar-refractivity contribution in [3.05, 3.63) is 12.4 Å². The van der Waals surface area contributed by atoms with Gasteiger partial charge in [0, 0.05) is 37.8 Å². The molecule has 0 spiro atoms. The molecule has 11 nitrogen and oxygen atoms in total. The van der Waals surface area contributed by atoms with Crippen molar-refractivity contribution < 1.29 is 29.1 Å². The summed E-state index contributed by atoms with van der Waals surface area (Å²) in [6.07, 6.45) is 1.76. The lowest BCUT2D eigenvalue weighted by molar-refractivity contribution is -0.306. The van der Waals surface area contributed by atoms with E-state index in [4.69, 9.17) is 5.73 Å². The van der Waals surface area contributed by atoms with E-state index in [0.29, 0.717) is 44.3 Å². The minimum atomic E-state index is -1.27. The fourth-order valence-electron chi connectivity index (χ4n) is 3.02. The molecule has 0 aromatic carbocycles. The first-order chi connectivity index (χ1) is 15.5. The first-order valence-corrected chi connectivity index (χ1v) is 11.2. The molecule has 0 aromatic heterocycles. The molecule has 0 radical (unpaired) electrons. The van der Waals surface area contributed by atoms with Crippen LogP contribution >= 0.6 is 0 Å². The van der Waals surface area contributed by atoms with Crippen molar-refractivity contribution in [2.75, 3.05) is 6.54 Å². The maximum absolute atomic E-state index is 12.7. The van der Waals surface area contributed by atoms with Gasteiger partial charge in [-0.05, 0) is 31.6 Å². The van der Waals surface area contributed by atoms with E-state index < -0.39 is 41.8 Å². The van der Waals surface area contributed by atoms with Gasteiger partial charge in [-0.2, -0.15) is 0 Å². The SMILES string of the molecule is C=C(N)NCCCC(C=O)NC(=O)C(CC(C)C)NC(=O)CCC(=O)NC(CC)CC(=O)[O-]. The van der Waals surface area contributed by atoms with E-state index in [0.717, 1.165) is 0 Å². The minimum absolute atomic E-state index is 0.0914. The molecule has 0 rings (SSSR count). The number of hydrogen-bond donors (Lipinski definition) is 5. The molecule has 0 bridgehead atoms. The second-order valence-electron chi connectivity index (χ2n) is 8.34. The van der Waals surface area contributed by atoms with Crippen LogP contribution in [0.2, 0.25) is 0 Å². The molecule has 3 amide bonds. The van der Waals surface area contributed by atoms with Crippen molar-refractivity contribution >= 4 is 30.0 Å². The molecular weight excluding hydrogens is 430 g/mol. The molecule has 3 unspecified atom stereocenters. The van der Waals surface area contributed by atoms with Gasteiger partial charge >= 0.3 is 0 Å².